The summed E-state index contributed by atoms with van der Waals surface area (Å²) < 4.78 is 6.23. The molecule has 114 valence electrons. The Bertz CT molecular complexity index is 576. The smallest absolute Gasteiger partial charge is 0.158 e. The van der Waals surface area contributed by atoms with E-state index in [9.17, 15) is 0 Å². The molecular formula is C14H19BrN4OS. The van der Waals surface area contributed by atoms with Gasteiger partial charge in [-0.15, -0.1) is 11.3 Å². The van der Waals surface area contributed by atoms with Gasteiger partial charge in [-0.2, -0.15) is 0 Å². The average molecular weight is 371 g/mol. The molecule has 0 aromatic carbocycles. The molecule has 0 radical (unpaired) electrons. The molecule has 0 fully saturated rings. The maximum atomic E-state index is 5.12. The number of aromatic nitrogens is 2. The van der Waals surface area contributed by atoms with Crippen molar-refractivity contribution in [2.45, 2.75) is 26.5 Å². The molecule has 2 aromatic rings. The lowest BCUT2D eigenvalue weighted by atomic mass is 10.4. The van der Waals surface area contributed by atoms with Crippen molar-refractivity contribution in [1.82, 2.24) is 9.97 Å². The molecule has 2 N–H and O–H groups in total. The van der Waals surface area contributed by atoms with Gasteiger partial charge in [-0.25, -0.2) is 9.97 Å². The molecule has 2 heterocycles. The molecule has 0 saturated carbocycles. The van der Waals surface area contributed by atoms with Crippen LogP contribution in [0.3, 0.4) is 0 Å². The lowest BCUT2D eigenvalue weighted by Gasteiger charge is -2.10. The third-order valence-corrected chi connectivity index (χ3v) is 4.37. The van der Waals surface area contributed by atoms with Crippen molar-refractivity contribution in [2.75, 3.05) is 24.3 Å². The summed E-state index contributed by atoms with van der Waals surface area (Å²) in [6, 6.07) is 4.03. The number of anilines is 2. The van der Waals surface area contributed by atoms with Crippen LogP contribution in [0, 0.1) is 0 Å². The molecule has 2 rings (SSSR count). The molecule has 0 spiro atoms. The van der Waals surface area contributed by atoms with Crippen LogP contribution in [0.5, 0.6) is 0 Å². The van der Waals surface area contributed by atoms with Crippen molar-refractivity contribution in [2.24, 2.45) is 0 Å². The first-order valence-corrected chi connectivity index (χ1v) is 8.46. The molecule has 0 bridgehead atoms. The van der Waals surface area contributed by atoms with Gasteiger partial charge in [0.25, 0.3) is 0 Å². The quantitative estimate of drug-likeness (QED) is 0.738. The van der Waals surface area contributed by atoms with Crippen LogP contribution < -0.4 is 10.6 Å². The number of ether oxygens (including phenoxy) is 1. The van der Waals surface area contributed by atoms with E-state index in [4.69, 9.17) is 4.74 Å². The minimum atomic E-state index is 0.404. The van der Waals surface area contributed by atoms with Crippen molar-refractivity contribution < 1.29 is 4.74 Å². The van der Waals surface area contributed by atoms with Gasteiger partial charge in [0.05, 0.1) is 6.54 Å². The fraction of sp³-hybridized carbons (Fsp3) is 0.429. The Morgan fingerprint density at radius 3 is 2.62 bits per heavy atom. The third kappa shape index (κ3) is 5.26. The Labute approximate surface area is 137 Å². The van der Waals surface area contributed by atoms with E-state index in [1.807, 2.05) is 6.07 Å². The van der Waals surface area contributed by atoms with E-state index in [-0.39, 0.29) is 0 Å². The van der Waals surface area contributed by atoms with Gasteiger partial charge >= 0.3 is 0 Å². The van der Waals surface area contributed by atoms with Gasteiger partial charge in [0.1, 0.15) is 18.2 Å². The highest BCUT2D eigenvalue weighted by atomic mass is 79.9. The third-order valence-electron chi connectivity index (χ3n) is 2.67. The second kappa shape index (κ2) is 8.31. The van der Waals surface area contributed by atoms with Crippen LogP contribution >= 0.6 is 27.3 Å². The molecule has 0 atom stereocenters. The van der Waals surface area contributed by atoms with Crippen LogP contribution in [0.25, 0.3) is 0 Å². The first-order valence-electron chi connectivity index (χ1n) is 6.78. The minimum absolute atomic E-state index is 0.404. The number of nitrogens with one attached hydrogen (secondary N) is 2. The molecule has 0 aliphatic rings. The van der Waals surface area contributed by atoms with Crippen LogP contribution in [0.15, 0.2) is 22.0 Å². The van der Waals surface area contributed by atoms with Crippen LogP contribution in [-0.4, -0.2) is 23.6 Å². The van der Waals surface area contributed by atoms with E-state index in [0.717, 1.165) is 35.6 Å². The summed E-state index contributed by atoms with van der Waals surface area (Å²) in [7, 11) is 1.64. The van der Waals surface area contributed by atoms with Crippen LogP contribution in [0.2, 0.25) is 0 Å². The van der Waals surface area contributed by atoms with Gasteiger partial charge in [0.15, 0.2) is 5.82 Å². The normalized spacial score (nSPS) is 10.6. The molecule has 0 amide bonds. The monoisotopic (exact) mass is 370 g/mol. The van der Waals surface area contributed by atoms with Crippen molar-refractivity contribution in [3.63, 3.8) is 0 Å². The van der Waals surface area contributed by atoms with Gasteiger partial charge < -0.3 is 15.4 Å². The van der Waals surface area contributed by atoms with E-state index in [0.29, 0.717) is 12.4 Å². The van der Waals surface area contributed by atoms with E-state index < -0.39 is 0 Å². The first-order chi connectivity index (χ1) is 10.2. The maximum Gasteiger partial charge on any atom is 0.158 e. The lowest BCUT2D eigenvalue weighted by molar-refractivity contribution is 0.178. The van der Waals surface area contributed by atoms with Crippen LogP contribution in [0.4, 0.5) is 11.6 Å². The topological polar surface area (TPSA) is 59.1 Å². The predicted molar refractivity (Wildman–Crippen MR) is 90.9 cm³/mol. The summed E-state index contributed by atoms with van der Waals surface area (Å²) in [5.74, 6) is 2.31. The average Bonchev–Trinajstić information content (AvgIpc) is 2.89. The van der Waals surface area contributed by atoms with Crippen molar-refractivity contribution in [3.05, 3.63) is 32.7 Å². The molecule has 7 heteroatoms. The zero-order valence-electron chi connectivity index (χ0n) is 12.1. The summed E-state index contributed by atoms with van der Waals surface area (Å²) in [5, 5.41) is 8.69. The second-order valence-corrected chi connectivity index (χ2v) is 6.41. The standard InChI is InChI=1S/C14H19BrN4OS/c1-3-4-16-12-6-13(19-14(18-12)8-20-2)17-7-11-5-10(15)9-21-11/h5-6,9H,3-4,7-8H2,1-2H3,(H2,16,17,18,19). The zero-order chi connectivity index (χ0) is 15.1. The Kier molecular flexibility index (Phi) is 6.41. The number of rotatable bonds is 8. The number of halogens is 1. The Balaban J connectivity index is 2.07. The van der Waals surface area contributed by atoms with Crippen LogP contribution in [-0.2, 0) is 17.9 Å². The Morgan fingerprint density at radius 2 is 2.00 bits per heavy atom. The van der Waals surface area contributed by atoms with Crippen molar-refractivity contribution in [1.29, 1.82) is 0 Å². The van der Waals surface area contributed by atoms with E-state index >= 15 is 0 Å². The van der Waals surface area contributed by atoms with E-state index in [1.54, 1.807) is 18.4 Å². The van der Waals surface area contributed by atoms with Gasteiger partial charge in [0.2, 0.25) is 0 Å². The Hall–Kier alpha value is -1.18. The first kappa shape index (κ1) is 16.2. The number of hydrogen-bond acceptors (Lipinski definition) is 6. The van der Waals surface area contributed by atoms with Crippen molar-refractivity contribution in [3.8, 4) is 0 Å². The van der Waals surface area contributed by atoms with E-state index in [2.05, 4.69) is 54.9 Å². The summed E-state index contributed by atoms with van der Waals surface area (Å²) >= 11 is 5.17. The number of methoxy groups -OCH3 is 1. The van der Waals surface area contributed by atoms with Gasteiger partial charge in [0, 0.05) is 34.5 Å². The number of hydrogen-bond donors (Lipinski definition) is 2. The van der Waals surface area contributed by atoms with Gasteiger partial charge in [-0.3, -0.25) is 0 Å². The maximum absolute atomic E-state index is 5.12. The summed E-state index contributed by atoms with van der Waals surface area (Å²) in [6.07, 6.45) is 1.05. The molecule has 5 nitrogen and oxygen atoms in total. The summed E-state index contributed by atoms with van der Waals surface area (Å²) in [6.45, 7) is 4.16. The molecular weight excluding hydrogens is 352 g/mol. The highest BCUT2D eigenvalue weighted by Gasteiger charge is 2.05. The van der Waals surface area contributed by atoms with Gasteiger partial charge in [-0.1, -0.05) is 6.92 Å². The van der Waals surface area contributed by atoms with Gasteiger partial charge in [-0.05, 0) is 28.4 Å². The SMILES string of the molecule is CCCNc1cc(NCc2cc(Br)cs2)nc(COC)n1. The fourth-order valence-corrected chi connectivity index (χ4v) is 3.14. The van der Waals surface area contributed by atoms with E-state index in [1.165, 1.54) is 4.88 Å². The Morgan fingerprint density at radius 1 is 1.24 bits per heavy atom. The molecule has 2 aromatic heterocycles. The molecule has 0 aliphatic heterocycles. The molecule has 21 heavy (non-hydrogen) atoms. The fourth-order valence-electron chi connectivity index (χ4n) is 1.75. The highest BCUT2D eigenvalue weighted by molar-refractivity contribution is 9.10. The predicted octanol–water partition coefficient (Wildman–Crippen LogP) is 3.88. The molecule has 0 unspecified atom stereocenters. The molecule has 0 aliphatic carbocycles. The largest absolute Gasteiger partial charge is 0.377 e. The summed E-state index contributed by atoms with van der Waals surface area (Å²) in [5.41, 5.74) is 0. The minimum Gasteiger partial charge on any atom is -0.377 e. The summed E-state index contributed by atoms with van der Waals surface area (Å²) in [4.78, 5) is 10.1. The number of nitrogens with zero attached hydrogens (tertiary/aromatic N) is 2. The van der Waals surface area contributed by atoms with Crippen molar-refractivity contribution >= 4 is 38.9 Å². The molecule has 0 saturated heterocycles. The second-order valence-electron chi connectivity index (χ2n) is 4.50. The highest BCUT2D eigenvalue weighted by Crippen LogP contribution is 2.21. The number of thiophene rings is 1. The zero-order valence-corrected chi connectivity index (χ0v) is 14.6. The lowest BCUT2D eigenvalue weighted by Crippen LogP contribution is -2.09. The van der Waals surface area contributed by atoms with Crippen LogP contribution in [0.1, 0.15) is 24.0 Å².